The monoisotopic (exact) mass is 575 g/mol. The van der Waals surface area contributed by atoms with Gasteiger partial charge in [-0.15, -0.1) is 0 Å². The molecular weight excluding hydrogens is 552 g/mol. The van der Waals surface area contributed by atoms with Gasteiger partial charge in [0.05, 0.1) is 19.0 Å². The number of likely N-dealkylation sites (tertiary alicyclic amines) is 2. The Morgan fingerprint density at radius 3 is 2.44 bits per heavy atom. The molecule has 4 heterocycles. The van der Waals surface area contributed by atoms with E-state index in [1.54, 1.807) is 29.2 Å². The molecule has 2 aromatic heterocycles. The highest BCUT2D eigenvalue weighted by atomic mass is 19.4. The van der Waals surface area contributed by atoms with Gasteiger partial charge in [0.1, 0.15) is 17.1 Å². The summed E-state index contributed by atoms with van der Waals surface area (Å²) in [5.41, 5.74) is -1.15. The summed E-state index contributed by atoms with van der Waals surface area (Å²) in [6.45, 7) is 1.79. The average molecular weight is 576 g/mol. The van der Waals surface area contributed by atoms with Crippen molar-refractivity contribution in [1.82, 2.24) is 24.4 Å². The van der Waals surface area contributed by atoms with E-state index in [0.717, 1.165) is 12.3 Å². The fourth-order valence-electron chi connectivity index (χ4n) is 5.88. The lowest BCUT2D eigenvalue weighted by Gasteiger charge is -2.34. The fraction of sp³-hybridized carbons (Fsp3) is 0.321. The summed E-state index contributed by atoms with van der Waals surface area (Å²) >= 11 is 0. The maximum atomic E-state index is 14.2. The number of nitrogens with zero attached hydrogens (tertiary/aromatic N) is 5. The minimum Gasteiger partial charge on any atom is -0.497 e. The van der Waals surface area contributed by atoms with Gasteiger partial charge in [0.25, 0.3) is 5.91 Å². The van der Waals surface area contributed by atoms with Crippen molar-refractivity contribution in [3.05, 3.63) is 82.4 Å². The molecule has 0 saturated carbocycles. The van der Waals surface area contributed by atoms with Gasteiger partial charge in [0.15, 0.2) is 23.0 Å². The predicted octanol–water partition coefficient (Wildman–Crippen LogP) is 5.25. The van der Waals surface area contributed by atoms with Crippen molar-refractivity contribution in [3.8, 4) is 17.0 Å². The minimum absolute atomic E-state index is 0.0403. The van der Waals surface area contributed by atoms with Gasteiger partial charge in [-0.1, -0.05) is 0 Å². The Morgan fingerprint density at radius 1 is 1.07 bits per heavy atom. The quantitative estimate of drug-likeness (QED) is 0.241. The lowest BCUT2D eigenvalue weighted by atomic mass is 10.0. The molecule has 2 aliphatic rings. The van der Waals surface area contributed by atoms with Crippen LogP contribution in [0.1, 0.15) is 33.6 Å². The number of carbonyl (C=O) groups is 1. The van der Waals surface area contributed by atoms with E-state index in [2.05, 4.69) is 10.1 Å². The zero-order valence-corrected chi connectivity index (χ0v) is 21.8. The van der Waals surface area contributed by atoms with Crippen LogP contribution in [0.2, 0.25) is 0 Å². The smallest absolute Gasteiger partial charge is 0.433 e. The number of aromatic nitrogens is 3. The van der Waals surface area contributed by atoms with Crippen LogP contribution >= 0.6 is 0 Å². The number of amides is 1. The van der Waals surface area contributed by atoms with E-state index in [4.69, 9.17) is 4.74 Å². The first kappa shape index (κ1) is 27.1. The lowest BCUT2D eigenvalue weighted by Crippen LogP contribution is -2.48. The second-order valence-electron chi connectivity index (χ2n) is 10.2. The molecule has 2 saturated heterocycles. The number of methoxy groups -OCH3 is 1. The highest BCUT2D eigenvalue weighted by Gasteiger charge is 2.46. The second kappa shape index (κ2) is 9.75. The number of hydrogen-bond acceptors (Lipinski definition) is 5. The van der Waals surface area contributed by atoms with Gasteiger partial charge >= 0.3 is 6.18 Å². The summed E-state index contributed by atoms with van der Waals surface area (Å²) < 4.78 is 90.1. The van der Waals surface area contributed by atoms with E-state index < -0.39 is 35.2 Å². The Morgan fingerprint density at radius 2 is 1.80 bits per heavy atom. The van der Waals surface area contributed by atoms with Gasteiger partial charge in [0, 0.05) is 54.5 Å². The predicted molar refractivity (Wildman–Crippen MR) is 135 cm³/mol. The van der Waals surface area contributed by atoms with Crippen LogP contribution in [0.15, 0.2) is 42.6 Å². The van der Waals surface area contributed by atoms with Gasteiger partial charge in [-0.3, -0.25) is 9.69 Å². The molecule has 6 rings (SSSR count). The van der Waals surface area contributed by atoms with E-state index in [1.807, 2.05) is 4.90 Å². The molecule has 214 valence electrons. The van der Waals surface area contributed by atoms with E-state index in [-0.39, 0.29) is 53.2 Å². The lowest BCUT2D eigenvalue weighted by molar-refractivity contribution is -0.143. The summed E-state index contributed by atoms with van der Waals surface area (Å²) in [6, 6.07) is 7.27. The number of fused-ring (bicyclic) bond motifs is 3. The van der Waals surface area contributed by atoms with Crippen LogP contribution in [-0.2, 0) is 12.7 Å². The number of piperazine rings is 1. The van der Waals surface area contributed by atoms with Crippen LogP contribution in [0.25, 0.3) is 16.9 Å². The summed E-state index contributed by atoms with van der Waals surface area (Å²) in [6.07, 6.45) is -3.16. The third-order valence-corrected chi connectivity index (χ3v) is 7.80. The van der Waals surface area contributed by atoms with E-state index in [9.17, 15) is 31.1 Å². The van der Waals surface area contributed by atoms with Crippen LogP contribution in [0, 0.1) is 24.4 Å². The third kappa shape index (κ3) is 4.57. The fourth-order valence-corrected chi connectivity index (χ4v) is 5.88. The largest absolute Gasteiger partial charge is 0.497 e. The molecule has 13 heteroatoms. The first-order valence-corrected chi connectivity index (χ1v) is 12.7. The van der Waals surface area contributed by atoms with Crippen LogP contribution in [0.4, 0.5) is 26.3 Å². The molecule has 0 radical (unpaired) electrons. The Hall–Kier alpha value is -4.13. The molecule has 7 nitrogen and oxygen atoms in total. The topological polar surface area (TPSA) is 63.0 Å². The molecule has 2 fully saturated rings. The van der Waals surface area contributed by atoms with Crippen LogP contribution < -0.4 is 4.74 Å². The average Bonchev–Trinajstić information content (AvgIpc) is 3.64. The zero-order chi connectivity index (χ0) is 29.2. The van der Waals surface area contributed by atoms with Crippen LogP contribution in [0.3, 0.4) is 0 Å². The number of alkyl halides is 3. The summed E-state index contributed by atoms with van der Waals surface area (Å²) in [7, 11) is 1.47. The first-order valence-electron chi connectivity index (χ1n) is 12.7. The molecule has 1 amide bonds. The second-order valence-corrected chi connectivity index (χ2v) is 10.2. The van der Waals surface area contributed by atoms with Crippen molar-refractivity contribution in [2.24, 2.45) is 0 Å². The first-order chi connectivity index (χ1) is 19.5. The van der Waals surface area contributed by atoms with Gasteiger partial charge in [0.2, 0.25) is 0 Å². The van der Waals surface area contributed by atoms with Gasteiger partial charge in [-0.05, 0) is 43.7 Å². The normalized spacial score (nSPS) is 19.0. The number of ether oxygens (including phenoxy) is 1. The SMILES string of the molecule is COc1ccc(-c2nc3c(C(=O)N4C[C@@H]5C[C@H]4CN5Cc4cc(F)cc(F)c4F)cnn3c(C(F)(F)F)c2C)cc1. The molecule has 0 N–H and O–H groups in total. The molecule has 0 aliphatic carbocycles. The van der Waals surface area contributed by atoms with Crippen LogP contribution in [0.5, 0.6) is 5.75 Å². The minimum atomic E-state index is -4.78. The van der Waals surface area contributed by atoms with Gasteiger partial charge in [-0.25, -0.2) is 22.7 Å². The molecule has 0 unspecified atom stereocenters. The Bertz CT molecular complexity index is 1670. The molecule has 4 aromatic rings. The highest BCUT2D eigenvalue weighted by molar-refractivity contribution is 6.00. The molecule has 41 heavy (non-hydrogen) atoms. The Balaban J connectivity index is 1.32. The van der Waals surface area contributed by atoms with Crippen molar-refractivity contribution in [2.45, 2.75) is 38.1 Å². The molecule has 2 aromatic carbocycles. The van der Waals surface area contributed by atoms with Crippen molar-refractivity contribution in [2.75, 3.05) is 20.2 Å². The standard InChI is InChI=1S/C28H23F6N5O2/c1-14-24(15-3-5-20(41-2)6-4-15)36-26-21(10-35-39(26)25(14)28(32,33)34)27(40)38-13-18-9-19(38)12-37(18)11-16-7-17(29)8-22(30)23(16)31/h3-8,10,18-19H,9,11-13H2,1-2H3/t18-,19-/m0/s1. The van der Waals surface area contributed by atoms with E-state index >= 15 is 0 Å². The molecule has 2 bridgehead atoms. The van der Waals surface area contributed by atoms with Crippen molar-refractivity contribution in [3.63, 3.8) is 0 Å². The summed E-state index contributed by atoms with van der Waals surface area (Å²) in [5, 5.41) is 3.90. The summed E-state index contributed by atoms with van der Waals surface area (Å²) in [4.78, 5) is 21.5. The van der Waals surface area contributed by atoms with Crippen LogP contribution in [-0.4, -0.2) is 62.6 Å². The maximum absolute atomic E-state index is 14.2. The van der Waals surface area contributed by atoms with Crippen molar-refractivity contribution < 1.29 is 35.9 Å². The number of hydrogen-bond donors (Lipinski definition) is 0. The molecule has 0 spiro atoms. The summed E-state index contributed by atoms with van der Waals surface area (Å²) in [5.74, 6) is -3.29. The zero-order valence-electron chi connectivity index (χ0n) is 21.8. The van der Waals surface area contributed by atoms with Gasteiger partial charge < -0.3 is 9.64 Å². The maximum Gasteiger partial charge on any atom is 0.433 e. The van der Waals surface area contributed by atoms with E-state index in [1.165, 1.54) is 14.0 Å². The Labute approximate surface area is 229 Å². The third-order valence-electron chi connectivity index (χ3n) is 7.80. The number of benzene rings is 2. The Kier molecular flexibility index (Phi) is 6.44. The molecule has 2 atom stereocenters. The number of halogens is 6. The molecule has 2 aliphatic heterocycles. The number of rotatable bonds is 5. The van der Waals surface area contributed by atoms with E-state index in [0.29, 0.717) is 34.9 Å². The van der Waals surface area contributed by atoms with Crippen molar-refractivity contribution >= 4 is 11.6 Å². The van der Waals surface area contributed by atoms with Crippen molar-refractivity contribution in [1.29, 1.82) is 0 Å². The highest BCUT2D eigenvalue weighted by Crippen LogP contribution is 2.38. The molecular formula is C28H23F6N5O2. The number of carbonyl (C=O) groups excluding carboxylic acids is 1. The van der Waals surface area contributed by atoms with Gasteiger partial charge in [-0.2, -0.15) is 18.3 Å².